The maximum Gasteiger partial charge on any atom is 0.472 e. The Kier molecular flexibility index (Phi) is 53.2. The number of hydrogen-bond acceptors (Lipinski definition) is 10. The first-order chi connectivity index (χ1) is 35.2. The number of ether oxygens (including phenoxy) is 3. The van der Waals surface area contributed by atoms with Gasteiger partial charge in [-0.3, -0.25) is 23.4 Å². The summed E-state index contributed by atoms with van der Waals surface area (Å²) in [5.74, 6) is -1.47. The Bertz CT molecular complexity index is 1350. The summed E-state index contributed by atoms with van der Waals surface area (Å²) >= 11 is 0. The van der Waals surface area contributed by atoms with Gasteiger partial charge in [0.1, 0.15) is 12.7 Å². The van der Waals surface area contributed by atoms with Crippen molar-refractivity contribution in [2.75, 3.05) is 26.4 Å². The Morgan fingerprint density at radius 1 is 0.403 bits per heavy atom. The minimum atomic E-state index is -4.75. The van der Waals surface area contributed by atoms with E-state index in [1.165, 1.54) is 154 Å². The zero-order chi connectivity index (χ0) is 52.7. The van der Waals surface area contributed by atoms with E-state index in [4.69, 9.17) is 23.3 Å². The Labute approximate surface area is 441 Å². The van der Waals surface area contributed by atoms with Gasteiger partial charge < -0.3 is 24.2 Å². The smallest absolute Gasteiger partial charge is 0.462 e. The van der Waals surface area contributed by atoms with Crippen molar-refractivity contribution in [1.29, 1.82) is 0 Å². The Hall–Kier alpha value is -2.30. The monoisotopic (exact) mass is 1040 g/mol. The maximum absolute atomic E-state index is 12.9. The summed E-state index contributed by atoms with van der Waals surface area (Å²) < 4.78 is 39.5. The molecule has 72 heavy (non-hydrogen) atoms. The summed E-state index contributed by atoms with van der Waals surface area (Å²) in [6.45, 7) is 4.55. The van der Waals surface area contributed by atoms with Gasteiger partial charge in [0.25, 0.3) is 0 Å². The third-order valence-electron chi connectivity index (χ3n) is 13.1. The lowest BCUT2D eigenvalue weighted by molar-refractivity contribution is -0.161. The molecule has 0 bridgehead atoms. The number of esters is 3. The van der Waals surface area contributed by atoms with Gasteiger partial charge >= 0.3 is 25.7 Å². The molecule has 0 aliphatic heterocycles. The second-order valence-corrected chi connectivity index (χ2v) is 21.6. The number of carbonyl (C=O) groups is 3. The molecule has 422 valence electrons. The molecule has 0 saturated carbocycles. The van der Waals surface area contributed by atoms with E-state index in [1.807, 2.05) is 0 Å². The lowest BCUT2D eigenvalue weighted by atomic mass is 10.0. The molecule has 0 rings (SSSR count). The average Bonchev–Trinajstić information content (AvgIpc) is 3.37. The van der Waals surface area contributed by atoms with Crippen molar-refractivity contribution in [2.24, 2.45) is 0 Å². The first-order valence-electron chi connectivity index (χ1n) is 29.9. The molecule has 0 heterocycles. The zero-order valence-electron chi connectivity index (χ0n) is 46.7. The Balaban J connectivity index is 4.68. The number of rotatable bonds is 56. The molecule has 12 heteroatoms. The van der Waals surface area contributed by atoms with Crippen LogP contribution in [0.15, 0.2) is 36.5 Å². The van der Waals surface area contributed by atoms with Gasteiger partial charge in [-0.25, -0.2) is 4.57 Å². The third-order valence-corrected chi connectivity index (χ3v) is 14.0. The van der Waals surface area contributed by atoms with Gasteiger partial charge in [0.15, 0.2) is 6.10 Å². The van der Waals surface area contributed by atoms with Crippen LogP contribution >= 0.6 is 7.82 Å². The molecule has 11 nitrogen and oxygen atoms in total. The van der Waals surface area contributed by atoms with Crippen LogP contribution in [0.3, 0.4) is 0 Å². The number of allylic oxidation sites excluding steroid dienone is 6. The van der Waals surface area contributed by atoms with E-state index >= 15 is 0 Å². The largest absolute Gasteiger partial charge is 0.472 e. The van der Waals surface area contributed by atoms with Crippen molar-refractivity contribution in [3.8, 4) is 0 Å². The van der Waals surface area contributed by atoms with Crippen molar-refractivity contribution in [1.82, 2.24) is 0 Å². The van der Waals surface area contributed by atoms with Gasteiger partial charge in [0.05, 0.1) is 19.8 Å². The number of aliphatic hydroxyl groups excluding tert-OH is 1. The standard InChI is InChI=1S/C60H111O11P/c1-4-7-10-13-16-19-22-25-26-27-28-29-30-33-36-39-42-45-48-51-60(64)71-57(53-67-58(62)49-46-43-40-37-34-31-23-20-17-14-11-8-5-2)55-69-72(65,66)68-54-56(52-61)70-59(63)50-47-44-41-38-35-32-24-21-18-15-12-9-6-3/h9,12,18,21,32,35,56-57,61H,4-8,10-11,13-17,19-20,22-31,33-34,36-55H2,1-3H3,(H,65,66)/b12-9-,21-18-,35-32-. The van der Waals surface area contributed by atoms with E-state index in [0.29, 0.717) is 19.3 Å². The van der Waals surface area contributed by atoms with Crippen LogP contribution in [0.25, 0.3) is 0 Å². The Morgan fingerprint density at radius 2 is 0.722 bits per heavy atom. The molecule has 0 amide bonds. The summed E-state index contributed by atoms with van der Waals surface area (Å²) in [5, 5.41) is 9.80. The summed E-state index contributed by atoms with van der Waals surface area (Å²) in [5.41, 5.74) is 0. The molecule has 0 saturated heterocycles. The van der Waals surface area contributed by atoms with Crippen molar-refractivity contribution < 1.29 is 52.2 Å². The quantitative estimate of drug-likeness (QED) is 0.0197. The zero-order valence-corrected chi connectivity index (χ0v) is 47.6. The minimum Gasteiger partial charge on any atom is -0.462 e. The van der Waals surface area contributed by atoms with Crippen LogP contribution in [-0.4, -0.2) is 66.5 Å². The fourth-order valence-corrected chi connectivity index (χ4v) is 9.33. The average molecular weight is 1040 g/mol. The van der Waals surface area contributed by atoms with Crippen LogP contribution in [0.4, 0.5) is 0 Å². The summed E-state index contributed by atoms with van der Waals surface area (Å²) in [6.07, 6.45) is 56.8. The van der Waals surface area contributed by atoms with Crippen LogP contribution in [0, 0.1) is 0 Å². The van der Waals surface area contributed by atoms with E-state index in [1.54, 1.807) is 0 Å². The van der Waals surface area contributed by atoms with E-state index in [9.17, 15) is 28.9 Å². The fraction of sp³-hybridized carbons (Fsp3) is 0.850. The number of aliphatic hydroxyl groups is 1. The SMILES string of the molecule is CC/C=C\C/C=C\C/C=C\CCCCCC(=O)OC(CO)COP(=O)(O)OCC(COC(=O)CCCCCCCCCCCCCCC)OC(=O)CCCCCCCCCCCCCCCCCCCCC. The van der Waals surface area contributed by atoms with Crippen molar-refractivity contribution in [2.45, 2.75) is 303 Å². The molecule has 0 radical (unpaired) electrons. The number of hydrogen-bond donors (Lipinski definition) is 2. The number of phosphoric acid groups is 1. The highest BCUT2D eigenvalue weighted by atomic mass is 31.2. The Morgan fingerprint density at radius 3 is 1.11 bits per heavy atom. The first-order valence-corrected chi connectivity index (χ1v) is 31.4. The van der Waals surface area contributed by atoms with E-state index in [0.717, 1.165) is 77.0 Å². The van der Waals surface area contributed by atoms with E-state index < -0.39 is 57.8 Å². The fourth-order valence-electron chi connectivity index (χ4n) is 8.55. The topological polar surface area (TPSA) is 155 Å². The van der Waals surface area contributed by atoms with Crippen molar-refractivity contribution in [3.05, 3.63) is 36.5 Å². The molecule has 3 atom stereocenters. The lowest BCUT2D eigenvalue weighted by Gasteiger charge is -2.21. The van der Waals surface area contributed by atoms with Gasteiger partial charge in [-0.1, -0.05) is 256 Å². The number of unbranched alkanes of at least 4 members (excludes halogenated alkanes) is 33. The summed E-state index contributed by atoms with van der Waals surface area (Å²) in [7, 11) is -4.75. The predicted octanol–water partition coefficient (Wildman–Crippen LogP) is 17.6. The second-order valence-electron chi connectivity index (χ2n) is 20.1. The van der Waals surface area contributed by atoms with Crippen LogP contribution in [-0.2, 0) is 42.2 Å². The minimum absolute atomic E-state index is 0.145. The van der Waals surface area contributed by atoms with Crippen LogP contribution < -0.4 is 0 Å². The lowest BCUT2D eigenvalue weighted by Crippen LogP contribution is -2.30. The van der Waals surface area contributed by atoms with Crippen molar-refractivity contribution in [3.63, 3.8) is 0 Å². The van der Waals surface area contributed by atoms with Gasteiger partial charge in [-0.2, -0.15) is 0 Å². The molecule has 0 aromatic heterocycles. The second kappa shape index (κ2) is 54.9. The molecular formula is C60H111O11P. The molecular weight excluding hydrogens is 928 g/mol. The molecule has 3 unspecified atom stereocenters. The third kappa shape index (κ3) is 52.6. The van der Waals surface area contributed by atoms with Gasteiger partial charge in [-0.05, 0) is 51.4 Å². The summed E-state index contributed by atoms with van der Waals surface area (Å²) in [4.78, 5) is 48.5. The molecule has 0 aromatic carbocycles. The van der Waals surface area contributed by atoms with Crippen LogP contribution in [0.2, 0.25) is 0 Å². The molecule has 0 spiro atoms. The van der Waals surface area contributed by atoms with Gasteiger partial charge in [-0.15, -0.1) is 0 Å². The number of carbonyl (C=O) groups excluding carboxylic acids is 3. The number of phosphoric ester groups is 1. The summed E-state index contributed by atoms with van der Waals surface area (Å²) in [6, 6.07) is 0. The molecule has 0 fully saturated rings. The first kappa shape index (κ1) is 69.7. The van der Waals surface area contributed by atoms with Gasteiger partial charge in [0, 0.05) is 19.3 Å². The van der Waals surface area contributed by atoms with Crippen LogP contribution in [0.1, 0.15) is 290 Å². The van der Waals surface area contributed by atoms with Gasteiger partial charge in [0.2, 0.25) is 0 Å². The highest BCUT2D eigenvalue weighted by molar-refractivity contribution is 7.47. The van der Waals surface area contributed by atoms with Crippen molar-refractivity contribution >= 4 is 25.7 Å². The van der Waals surface area contributed by atoms with E-state index in [2.05, 4.69) is 57.2 Å². The maximum atomic E-state index is 12.9. The van der Waals surface area contributed by atoms with E-state index in [-0.39, 0.29) is 25.9 Å². The normalized spacial score (nSPS) is 13.6. The molecule has 0 aliphatic carbocycles. The molecule has 0 aliphatic rings. The molecule has 0 aromatic rings. The predicted molar refractivity (Wildman–Crippen MR) is 298 cm³/mol. The highest BCUT2D eigenvalue weighted by Gasteiger charge is 2.28. The molecule has 2 N–H and O–H groups in total. The van der Waals surface area contributed by atoms with Crippen LogP contribution in [0.5, 0.6) is 0 Å². The highest BCUT2D eigenvalue weighted by Crippen LogP contribution is 2.43.